The third kappa shape index (κ3) is 2.36. The monoisotopic (exact) mass is 192 g/mol. The minimum absolute atomic E-state index is 0.205. The van der Waals surface area contributed by atoms with Crippen molar-refractivity contribution >= 4 is 0 Å². The lowest BCUT2D eigenvalue weighted by Gasteiger charge is -2.15. The fourth-order valence-corrected chi connectivity index (χ4v) is 1.69. The second kappa shape index (κ2) is 5.16. The molecule has 1 rings (SSSR count). The fraction of sp³-hybridized carbons (Fsp3) is 0.538. The Morgan fingerprint density at radius 1 is 1.21 bits per heavy atom. The smallest absolute Gasteiger partial charge is 0.0795 e. The number of hydrogen-bond donors (Lipinski definition) is 0. The molecule has 1 atom stereocenters. The van der Waals surface area contributed by atoms with Gasteiger partial charge in [0.2, 0.25) is 0 Å². The van der Waals surface area contributed by atoms with E-state index in [0.29, 0.717) is 0 Å². The van der Waals surface area contributed by atoms with E-state index in [1.54, 1.807) is 7.11 Å². The van der Waals surface area contributed by atoms with Crippen molar-refractivity contribution in [2.75, 3.05) is 7.11 Å². The molecule has 0 N–H and O–H groups in total. The molecule has 78 valence electrons. The molecule has 0 aliphatic heterocycles. The van der Waals surface area contributed by atoms with E-state index in [2.05, 4.69) is 39.0 Å². The van der Waals surface area contributed by atoms with Crippen LogP contribution in [-0.4, -0.2) is 7.11 Å². The van der Waals surface area contributed by atoms with E-state index >= 15 is 0 Å². The lowest BCUT2D eigenvalue weighted by Crippen LogP contribution is -2.01. The Morgan fingerprint density at radius 3 is 2.43 bits per heavy atom. The molecule has 0 aliphatic carbocycles. The van der Waals surface area contributed by atoms with Crippen LogP contribution in [0, 0.1) is 0 Å². The highest BCUT2D eigenvalue weighted by atomic mass is 16.5. The lowest BCUT2D eigenvalue weighted by atomic mass is 9.97. The first-order valence-electron chi connectivity index (χ1n) is 5.37. The standard InChI is InChI=1S/C13H20O/c1-5-11-7-8-12(6-2)13(9-11)10(3)14-4/h7-10H,5-6H2,1-4H3. The van der Waals surface area contributed by atoms with Gasteiger partial charge in [0.25, 0.3) is 0 Å². The predicted molar refractivity (Wildman–Crippen MR) is 60.6 cm³/mol. The van der Waals surface area contributed by atoms with Gasteiger partial charge in [-0.2, -0.15) is 0 Å². The molecule has 0 heterocycles. The summed E-state index contributed by atoms with van der Waals surface area (Å²) in [6, 6.07) is 6.71. The van der Waals surface area contributed by atoms with Crippen LogP contribution in [-0.2, 0) is 17.6 Å². The van der Waals surface area contributed by atoms with E-state index in [1.165, 1.54) is 16.7 Å². The van der Waals surface area contributed by atoms with Gasteiger partial charge in [-0.15, -0.1) is 0 Å². The van der Waals surface area contributed by atoms with Gasteiger partial charge in [0.05, 0.1) is 6.10 Å². The third-order valence-corrected chi connectivity index (χ3v) is 2.79. The highest BCUT2D eigenvalue weighted by Crippen LogP contribution is 2.22. The summed E-state index contributed by atoms with van der Waals surface area (Å²) in [6.07, 6.45) is 2.37. The summed E-state index contributed by atoms with van der Waals surface area (Å²) in [5.41, 5.74) is 4.13. The highest BCUT2D eigenvalue weighted by Gasteiger charge is 2.08. The van der Waals surface area contributed by atoms with Gasteiger partial charge in [0.1, 0.15) is 0 Å². The van der Waals surface area contributed by atoms with Crippen molar-refractivity contribution in [1.82, 2.24) is 0 Å². The summed E-state index contributed by atoms with van der Waals surface area (Å²) in [7, 11) is 1.77. The Kier molecular flexibility index (Phi) is 4.15. The van der Waals surface area contributed by atoms with Crippen LogP contribution in [0.15, 0.2) is 18.2 Å². The van der Waals surface area contributed by atoms with Gasteiger partial charge in [0, 0.05) is 7.11 Å². The van der Waals surface area contributed by atoms with E-state index < -0.39 is 0 Å². The highest BCUT2D eigenvalue weighted by molar-refractivity contribution is 5.33. The van der Waals surface area contributed by atoms with Crippen molar-refractivity contribution in [3.8, 4) is 0 Å². The molecule has 1 aromatic carbocycles. The number of aryl methyl sites for hydroxylation is 2. The fourth-order valence-electron chi connectivity index (χ4n) is 1.69. The summed E-state index contributed by atoms with van der Waals surface area (Å²) in [5, 5.41) is 0. The number of benzene rings is 1. The Bertz CT molecular complexity index is 291. The average molecular weight is 192 g/mol. The molecule has 0 aromatic heterocycles. The van der Waals surface area contributed by atoms with Gasteiger partial charge < -0.3 is 4.74 Å². The van der Waals surface area contributed by atoms with Crippen molar-refractivity contribution in [1.29, 1.82) is 0 Å². The Labute approximate surface area is 87.1 Å². The number of hydrogen-bond acceptors (Lipinski definition) is 1. The second-order valence-corrected chi connectivity index (χ2v) is 3.62. The zero-order valence-electron chi connectivity index (χ0n) is 9.63. The molecule has 0 amide bonds. The average Bonchev–Trinajstić information content (AvgIpc) is 2.27. The molecule has 1 aromatic rings. The third-order valence-electron chi connectivity index (χ3n) is 2.79. The van der Waals surface area contributed by atoms with Crippen LogP contribution in [0.3, 0.4) is 0 Å². The molecule has 0 spiro atoms. The van der Waals surface area contributed by atoms with Crippen LogP contribution in [0.1, 0.15) is 43.6 Å². The molecule has 0 aliphatic rings. The van der Waals surface area contributed by atoms with Crippen LogP contribution < -0.4 is 0 Å². The maximum absolute atomic E-state index is 5.38. The zero-order valence-corrected chi connectivity index (χ0v) is 9.63. The van der Waals surface area contributed by atoms with Gasteiger partial charge in [0.15, 0.2) is 0 Å². The lowest BCUT2D eigenvalue weighted by molar-refractivity contribution is 0.119. The molecular weight excluding hydrogens is 172 g/mol. The first-order valence-corrected chi connectivity index (χ1v) is 5.37. The van der Waals surface area contributed by atoms with Crippen LogP contribution in [0.25, 0.3) is 0 Å². The van der Waals surface area contributed by atoms with Gasteiger partial charge in [-0.3, -0.25) is 0 Å². The molecule has 0 radical (unpaired) electrons. The van der Waals surface area contributed by atoms with E-state index in [0.717, 1.165) is 12.8 Å². The number of ether oxygens (including phenoxy) is 1. The summed E-state index contributed by atoms with van der Waals surface area (Å²) in [4.78, 5) is 0. The van der Waals surface area contributed by atoms with E-state index in [-0.39, 0.29) is 6.10 Å². The Morgan fingerprint density at radius 2 is 1.93 bits per heavy atom. The van der Waals surface area contributed by atoms with Crippen molar-refractivity contribution in [2.45, 2.75) is 39.7 Å². The van der Waals surface area contributed by atoms with Crippen molar-refractivity contribution in [2.24, 2.45) is 0 Å². The van der Waals surface area contributed by atoms with E-state index in [9.17, 15) is 0 Å². The second-order valence-electron chi connectivity index (χ2n) is 3.62. The predicted octanol–water partition coefficient (Wildman–Crippen LogP) is 3.52. The summed E-state index contributed by atoms with van der Waals surface area (Å²) in [5.74, 6) is 0. The Hall–Kier alpha value is -0.820. The number of rotatable bonds is 4. The number of methoxy groups -OCH3 is 1. The first-order chi connectivity index (χ1) is 6.72. The normalized spacial score (nSPS) is 12.9. The molecular formula is C13H20O. The minimum Gasteiger partial charge on any atom is -0.377 e. The van der Waals surface area contributed by atoms with Crippen molar-refractivity contribution < 1.29 is 4.74 Å². The molecule has 0 saturated heterocycles. The summed E-state index contributed by atoms with van der Waals surface area (Å²) >= 11 is 0. The molecule has 0 fully saturated rings. The summed E-state index contributed by atoms with van der Waals surface area (Å²) in [6.45, 7) is 6.48. The molecule has 1 heteroatoms. The topological polar surface area (TPSA) is 9.23 Å². The van der Waals surface area contributed by atoms with Gasteiger partial charge >= 0.3 is 0 Å². The maximum atomic E-state index is 5.38. The van der Waals surface area contributed by atoms with E-state index in [1.807, 2.05) is 0 Å². The maximum Gasteiger partial charge on any atom is 0.0795 e. The van der Waals surface area contributed by atoms with Crippen LogP contribution in [0.5, 0.6) is 0 Å². The molecule has 0 saturated carbocycles. The Balaban J connectivity index is 3.08. The van der Waals surface area contributed by atoms with Crippen LogP contribution >= 0.6 is 0 Å². The van der Waals surface area contributed by atoms with Crippen molar-refractivity contribution in [3.63, 3.8) is 0 Å². The quantitative estimate of drug-likeness (QED) is 0.709. The SMILES string of the molecule is CCc1ccc(CC)c(C(C)OC)c1. The van der Waals surface area contributed by atoms with Crippen molar-refractivity contribution in [3.05, 3.63) is 34.9 Å². The van der Waals surface area contributed by atoms with Crippen LogP contribution in [0.2, 0.25) is 0 Å². The van der Waals surface area contributed by atoms with E-state index in [4.69, 9.17) is 4.74 Å². The summed E-state index contributed by atoms with van der Waals surface area (Å²) < 4.78 is 5.38. The largest absolute Gasteiger partial charge is 0.377 e. The molecule has 14 heavy (non-hydrogen) atoms. The zero-order chi connectivity index (χ0) is 10.6. The van der Waals surface area contributed by atoms with Gasteiger partial charge in [-0.05, 0) is 36.5 Å². The minimum atomic E-state index is 0.205. The van der Waals surface area contributed by atoms with Gasteiger partial charge in [-0.25, -0.2) is 0 Å². The van der Waals surface area contributed by atoms with Crippen LogP contribution in [0.4, 0.5) is 0 Å². The molecule has 1 nitrogen and oxygen atoms in total. The first kappa shape index (κ1) is 11.3. The van der Waals surface area contributed by atoms with Gasteiger partial charge in [-0.1, -0.05) is 32.0 Å². The molecule has 1 unspecified atom stereocenters. The molecule has 0 bridgehead atoms.